The van der Waals surface area contributed by atoms with E-state index < -0.39 is 0 Å². The van der Waals surface area contributed by atoms with E-state index in [-0.39, 0.29) is 6.04 Å². The summed E-state index contributed by atoms with van der Waals surface area (Å²) in [5, 5.41) is 6.88. The number of nitrogen functional groups attached to an aromatic ring is 1. The molecular formula is C16H19ClN4S2. The zero-order valence-electron chi connectivity index (χ0n) is 13.0. The van der Waals surface area contributed by atoms with Crippen molar-refractivity contribution >= 4 is 55.2 Å². The standard InChI is InChI=1S/C16H19ClN4S2/c1-8(18)6-11-13(20-7-10-4-3-5-22-10)14-12(21-15(11)17)9(2)16(19)23-14/h3-5,8H,6-7,18-19H2,1-2H3,(H,20,21)/t8-/m0/s1. The van der Waals surface area contributed by atoms with Crippen molar-refractivity contribution in [3.05, 3.63) is 38.7 Å². The van der Waals surface area contributed by atoms with Gasteiger partial charge in [0, 0.05) is 28.6 Å². The van der Waals surface area contributed by atoms with Crippen LogP contribution < -0.4 is 16.8 Å². The molecule has 0 bridgehead atoms. The highest BCUT2D eigenvalue weighted by molar-refractivity contribution is 7.23. The number of hydrogen-bond donors (Lipinski definition) is 3. The highest BCUT2D eigenvalue weighted by atomic mass is 35.5. The molecule has 0 aliphatic rings. The smallest absolute Gasteiger partial charge is 0.135 e. The van der Waals surface area contributed by atoms with Gasteiger partial charge in [0.05, 0.1) is 20.9 Å². The van der Waals surface area contributed by atoms with Crippen LogP contribution in [0.1, 0.15) is 22.9 Å². The lowest BCUT2D eigenvalue weighted by Gasteiger charge is -2.16. The fourth-order valence-corrected chi connectivity index (χ4v) is 4.48. The van der Waals surface area contributed by atoms with Crippen LogP contribution in [-0.2, 0) is 13.0 Å². The van der Waals surface area contributed by atoms with Gasteiger partial charge in [0.15, 0.2) is 0 Å². The molecule has 122 valence electrons. The first-order valence-electron chi connectivity index (χ1n) is 7.36. The Morgan fingerprint density at radius 1 is 1.43 bits per heavy atom. The molecular weight excluding hydrogens is 348 g/mol. The minimum absolute atomic E-state index is 0.00689. The van der Waals surface area contributed by atoms with Crippen molar-refractivity contribution in [2.75, 3.05) is 11.1 Å². The second-order valence-corrected chi connectivity index (χ2v) is 8.08. The van der Waals surface area contributed by atoms with Crippen molar-refractivity contribution in [1.29, 1.82) is 0 Å². The SMILES string of the molecule is Cc1c(N)sc2c(NCc3cccs3)c(C[C@H](C)N)c(Cl)nc12. The van der Waals surface area contributed by atoms with Crippen molar-refractivity contribution in [3.8, 4) is 0 Å². The zero-order chi connectivity index (χ0) is 16.6. The van der Waals surface area contributed by atoms with E-state index in [1.165, 1.54) is 4.88 Å². The summed E-state index contributed by atoms with van der Waals surface area (Å²) in [7, 11) is 0. The molecule has 0 fully saturated rings. The molecule has 0 spiro atoms. The number of thiophene rings is 2. The van der Waals surface area contributed by atoms with Crippen LogP contribution in [0.15, 0.2) is 17.5 Å². The summed E-state index contributed by atoms with van der Waals surface area (Å²) in [6.07, 6.45) is 0.672. The predicted octanol–water partition coefficient (Wildman–Crippen LogP) is 4.40. The monoisotopic (exact) mass is 366 g/mol. The number of nitrogens with two attached hydrogens (primary N) is 2. The molecule has 3 aromatic heterocycles. The third-order valence-electron chi connectivity index (χ3n) is 3.69. The third kappa shape index (κ3) is 3.30. The normalized spacial score (nSPS) is 12.7. The molecule has 0 saturated carbocycles. The molecule has 23 heavy (non-hydrogen) atoms. The van der Waals surface area contributed by atoms with E-state index in [1.807, 2.05) is 19.9 Å². The molecule has 5 N–H and O–H groups in total. The Kier molecular flexibility index (Phi) is 4.77. The molecule has 1 atom stereocenters. The lowest BCUT2D eigenvalue weighted by molar-refractivity contribution is 0.737. The maximum absolute atomic E-state index is 6.45. The van der Waals surface area contributed by atoms with Crippen LogP contribution in [0.25, 0.3) is 10.2 Å². The van der Waals surface area contributed by atoms with E-state index >= 15 is 0 Å². The Morgan fingerprint density at radius 3 is 2.87 bits per heavy atom. The average molecular weight is 367 g/mol. The number of hydrogen-bond acceptors (Lipinski definition) is 6. The minimum atomic E-state index is 0.00689. The van der Waals surface area contributed by atoms with E-state index in [0.717, 1.165) is 38.6 Å². The molecule has 0 aliphatic heterocycles. The highest BCUT2D eigenvalue weighted by Gasteiger charge is 2.19. The van der Waals surface area contributed by atoms with Gasteiger partial charge in [-0.05, 0) is 31.7 Å². The fraction of sp³-hybridized carbons (Fsp3) is 0.312. The lowest BCUT2D eigenvalue weighted by Crippen LogP contribution is -2.19. The largest absolute Gasteiger partial charge is 0.390 e. The van der Waals surface area contributed by atoms with Gasteiger partial charge in [-0.1, -0.05) is 17.7 Å². The molecule has 0 saturated heterocycles. The fourth-order valence-electron chi connectivity index (χ4n) is 2.52. The number of fused-ring (bicyclic) bond motifs is 1. The van der Waals surface area contributed by atoms with Crippen LogP contribution in [0.3, 0.4) is 0 Å². The van der Waals surface area contributed by atoms with Gasteiger partial charge in [-0.3, -0.25) is 0 Å². The lowest BCUT2D eigenvalue weighted by atomic mass is 10.1. The first-order valence-corrected chi connectivity index (χ1v) is 9.43. The first kappa shape index (κ1) is 16.5. The highest BCUT2D eigenvalue weighted by Crippen LogP contribution is 2.41. The molecule has 3 heterocycles. The Labute approximate surface area is 148 Å². The van der Waals surface area contributed by atoms with Crippen LogP contribution in [0.2, 0.25) is 5.15 Å². The van der Waals surface area contributed by atoms with Gasteiger partial charge in [0.25, 0.3) is 0 Å². The minimum Gasteiger partial charge on any atom is -0.390 e. The summed E-state index contributed by atoms with van der Waals surface area (Å²) < 4.78 is 1.05. The Bertz CT molecular complexity index is 825. The van der Waals surface area contributed by atoms with Crippen molar-refractivity contribution in [2.24, 2.45) is 5.73 Å². The summed E-state index contributed by atoms with van der Waals surface area (Å²) in [6.45, 7) is 4.69. The molecule has 0 aromatic carbocycles. The number of pyridine rings is 1. The topological polar surface area (TPSA) is 77.0 Å². The van der Waals surface area contributed by atoms with E-state index in [2.05, 4.69) is 21.7 Å². The van der Waals surface area contributed by atoms with Crippen LogP contribution >= 0.6 is 34.3 Å². The Balaban J connectivity index is 2.10. The number of nitrogens with one attached hydrogen (secondary N) is 1. The van der Waals surface area contributed by atoms with Gasteiger partial charge in [-0.15, -0.1) is 22.7 Å². The van der Waals surface area contributed by atoms with Crippen LogP contribution in [0.4, 0.5) is 10.7 Å². The molecule has 0 aliphatic carbocycles. The third-order valence-corrected chi connectivity index (χ3v) is 6.00. The van der Waals surface area contributed by atoms with Crippen molar-refractivity contribution in [3.63, 3.8) is 0 Å². The van der Waals surface area contributed by atoms with Gasteiger partial charge in [-0.25, -0.2) is 4.98 Å². The number of aromatic nitrogens is 1. The zero-order valence-corrected chi connectivity index (χ0v) is 15.4. The van der Waals surface area contributed by atoms with Crippen LogP contribution in [-0.4, -0.2) is 11.0 Å². The van der Waals surface area contributed by atoms with Crippen LogP contribution in [0, 0.1) is 6.92 Å². The van der Waals surface area contributed by atoms with Gasteiger partial charge in [0.1, 0.15) is 5.15 Å². The van der Waals surface area contributed by atoms with E-state index in [1.54, 1.807) is 22.7 Å². The van der Waals surface area contributed by atoms with E-state index in [0.29, 0.717) is 11.6 Å². The van der Waals surface area contributed by atoms with Gasteiger partial charge in [0.2, 0.25) is 0 Å². The van der Waals surface area contributed by atoms with E-state index in [9.17, 15) is 0 Å². The number of rotatable bonds is 5. The van der Waals surface area contributed by atoms with Gasteiger partial charge >= 0.3 is 0 Å². The number of halogens is 1. The summed E-state index contributed by atoms with van der Waals surface area (Å²) in [6, 6.07) is 4.16. The summed E-state index contributed by atoms with van der Waals surface area (Å²) >= 11 is 9.73. The Hall–Kier alpha value is -1.34. The molecule has 3 aromatic rings. The molecule has 0 radical (unpaired) electrons. The number of aryl methyl sites for hydroxylation is 1. The molecule has 0 unspecified atom stereocenters. The molecule has 7 heteroatoms. The van der Waals surface area contributed by atoms with E-state index in [4.69, 9.17) is 23.1 Å². The molecule has 4 nitrogen and oxygen atoms in total. The van der Waals surface area contributed by atoms with Crippen molar-refractivity contribution in [2.45, 2.75) is 32.9 Å². The average Bonchev–Trinajstić information content (AvgIpc) is 3.09. The maximum atomic E-state index is 6.45. The van der Waals surface area contributed by atoms with Gasteiger partial charge < -0.3 is 16.8 Å². The molecule has 3 rings (SSSR count). The summed E-state index contributed by atoms with van der Waals surface area (Å²) in [5.74, 6) is 0. The second-order valence-electron chi connectivity index (χ2n) is 5.64. The quantitative estimate of drug-likeness (QED) is 0.585. The van der Waals surface area contributed by atoms with Crippen molar-refractivity contribution in [1.82, 2.24) is 4.98 Å². The number of anilines is 2. The number of nitrogens with zero attached hydrogens (tertiary/aromatic N) is 1. The molecule has 0 amide bonds. The van der Waals surface area contributed by atoms with Crippen molar-refractivity contribution < 1.29 is 0 Å². The summed E-state index contributed by atoms with van der Waals surface area (Å²) in [4.78, 5) is 5.82. The summed E-state index contributed by atoms with van der Waals surface area (Å²) in [5.41, 5.74) is 15.9. The second kappa shape index (κ2) is 6.65. The first-order chi connectivity index (χ1) is 11.0. The Morgan fingerprint density at radius 2 is 2.22 bits per heavy atom. The maximum Gasteiger partial charge on any atom is 0.135 e. The van der Waals surface area contributed by atoms with Crippen LogP contribution in [0.5, 0.6) is 0 Å². The van der Waals surface area contributed by atoms with Gasteiger partial charge in [-0.2, -0.15) is 0 Å². The predicted molar refractivity (Wildman–Crippen MR) is 103 cm³/mol.